The van der Waals surface area contributed by atoms with Crippen molar-refractivity contribution in [1.82, 2.24) is 9.59 Å². The highest BCUT2D eigenvalue weighted by Crippen LogP contribution is 2.21. The first-order valence-electron chi connectivity index (χ1n) is 3.79. The van der Waals surface area contributed by atoms with Crippen molar-refractivity contribution in [3.63, 3.8) is 0 Å². The summed E-state index contributed by atoms with van der Waals surface area (Å²) in [6.07, 6.45) is 1.26. The number of nitrogens with zero attached hydrogens (tertiary/aromatic N) is 2. The molecule has 1 heterocycles. The van der Waals surface area contributed by atoms with E-state index in [4.69, 9.17) is 0 Å². The normalized spacial score (nSPS) is 11.4. The highest BCUT2D eigenvalue weighted by Gasteiger charge is 2.19. The smallest absolute Gasteiger partial charge is 0.218 e. The van der Waals surface area contributed by atoms with Crippen LogP contribution in [0.3, 0.4) is 0 Å². The van der Waals surface area contributed by atoms with Crippen molar-refractivity contribution in [2.24, 2.45) is 0 Å². The standard InChI is InChI=1S/C8H6N2O2S2/c11-14(12,8-6-9-10-13-8)7-4-2-1-3-5-7/h1-6H. The lowest BCUT2D eigenvalue weighted by Gasteiger charge is -1.98. The largest absolute Gasteiger partial charge is 0.219 e. The highest BCUT2D eigenvalue weighted by atomic mass is 32.2. The van der Waals surface area contributed by atoms with E-state index in [2.05, 4.69) is 9.59 Å². The first-order chi connectivity index (χ1) is 6.71. The lowest BCUT2D eigenvalue weighted by molar-refractivity contribution is 0.598. The summed E-state index contributed by atoms with van der Waals surface area (Å²) in [5, 5.41) is 3.50. The van der Waals surface area contributed by atoms with Crippen LogP contribution in [0.4, 0.5) is 0 Å². The number of hydrogen-bond donors (Lipinski definition) is 0. The van der Waals surface area contributed by atoms with Crippen LogP contribution in [0.15, 0.2) is 45.6 Å². The molecule has 0 spiro atoms. The first-order valence-corrected chi connectivity index (χ1v) is 6.04. The molecule has 0 N–H and O–H groups in total. The van der Waals surface area contributed by atoms with E-state index in [-0.39, 0.29) is 9.10 Å². The number of benzene rings is 1. The van der Waals surface area contributed by atoms with E-state index >= 15 is 0 Å². The van der Waals surface area contributed by atoms with Gasteiger partial charge in [-0.2, -0.15) is 0 Å². The van der Waals surface area contributed by atoms with E-state index in [1.165, 1.54) is 6.20 Å². The Bertz CT molecular complexity index is 506. The fourth-order valence-corrected chi connectivity index (χ4v) is 2.98. The summed E-state index contributed by atoms with van der Waals surface area (Å²) in [5.41, 5.74) is 0. The second-order valence-electron chi connectivity index (χ2n) is 2.55. The number of hydrogen-bond acceptors (Lipinski definition) is 5. The van der Waals surface area contributed by atoms with Gasteiger partial charge in [0.15, 0.2) is 4.21 Å². The Hall–Kier alpha value is -1.27. The van der Waals surface area contributed by atoms with Crippen molar-refractivity contribution in [2.45, 2.75) is 9.10 Å². The van der Waals surface area contributed by atoms with Gasteiger partial charge in [-0.1, -0.05) is 22.7 Å². The summed E-state index contributed by atoms with van der Waals surface area (Å²) in [5.74, 6) is 0. The quantitative estimate of drug-likeness (QED) is 0.776. The topological polar surface area (TPSA) is 59.9 Å². The molecule has 1 aromatic heterocycles. The van der Waals surface area contributed by atoms with Gasteiger partial charge in [0.05, 0.1) is 11.1 Å². The molecule has 0 aliphatic heterocycles. The molecule has 0 saturated carbocycles. The molecule has 0 unspecified atom stereocenters. The van der Waals surface area contributed by atoms with E-state index in [0.29, 0.717) is 0 Å². The average Bonchev–Trinajstić information content (AvgIpc) is 2.72. The van der Waals surface area contributed by atoms with Crippen molar-refractivity contribution in [3.8, 4) is 0 Å². The summed E-state index contributed by atoms with van der Waals surface area (Å²) in [7, 11) is -3.40. The molecule has 2 rings (SSSR count). The van der Waals surface area contributed by atoms with Crippen molar-refractivity contribution in [3.05, 3.63) is 36.5 Å². The molecule has 2 aromatic rings. The van der Waals surface area contributed by atoms with E-state index in [1.54, 1.807) is 30.3 Å². The highest BCUT2D eigenvalue weighted by molar-refractivity contribution is 7.93. The molecule has 72 valence electrons. The Balaban J connectivity index is 2.55. The Morgan fingerprint density at radius 2 is 1.86 bits per heavy atom. The van der Waals surface area contributed by atoms with Crippen LogP contribution in [-0.4, -0.2) is 18.0 Å². The maximum atomic E-state index is 11.8. The van der Waals surface area contributed by atoms with Crippen molar-refractivity contribution >= 4 is 21.4 Å². The Labute approximate surface area is 85.3 Å². The van der Waals surface area contributed by atoms with Gasteiger partial charge in [-0.15, -0.1) is 5.10 Å². The zero-order valence-electron chi connectivity index (χ0n) is 6.99. The summed E-state index contributed by atoms with van der Waals surface area (Å²) in [6, 6.07) is 8.23. The van der Waals surface area contributed by atoms with Crippen LogP contribution in [0.2, 0.25) is 0 Å². The van der Waals surface area contributed by atoms with E-state index < -0.39 is 9.84 Å². The van der Waals surface area contributed by atoms with Crippen LogP contribution in [0.25, 0.3) is 0 Å². The van der Waals surface area contributed by atoms with Gasteiger partial charge < -0.3 is 0 Å². The van der Waals surface area contributed by atoms with Crippen LogP contribution in [0.1, 0.15) is 0 Å². The predicted octanol–water partition coefficient (Wildman–Crippen LogP) is 1.37. The molecular weight excluding hydrogens is 220 g/mol. The Kier molecular flexibility index (Phi) is 2.30. The molecule has 0 aliphatic carbocycles. The fourth-order valence-electron chi connectivity index (χ4n) is 0.992. The van der Waals surface area contributed by atoms with E-state index in [9.17, 15) is 8.42 Å². The van der Waals surface area contributed by atoms with Crippen molar-refractivity contribution in [1.29, 1.82) is 0 Å². The summed E-state index contributed by atoms with van der Waals surface area (Å²) >= 11 is 0.876. The lowest BCUT2D eigenvalue weighted by atomic mass is 10.4. The maximum Gasteiger partial charge on any atom is 0.219 e. The molecular formula is C8H6N2O2S2. The molecule has 14 heavy (non-hydrogen) atoms. The van der Waals surface area contributed by atoms with Crippen LogP contribution < -0.4 is 0 Å². The van der Waals surface area contributed by atoms with Gasteiger partial charge >= 0.3 is 0 Å². The monoisotopic (exact) mass is 226 g/mol. The third kappa shape index (κ3) is 1.53. The third-order valence-corrected chi connectivity index (χ3v) is 4.53. The number of sulfone groups is 1. The molecule has 0 bridgehead atoms. The zero-order valence-corrected chi connectivity index (χ0v) is 8.62. The van der Waals surface area contributed by atoms with Crippen LogP contribution in [0.5, 0.6) is 0 Å². The second kappa shape index (κ2) is 3.47. The van der Waals surface area contributed by atoms with E-state index in [0.717, 1.165) is 11.5 Å². The lowest BCUT2D eigenvalue weighted by Crippen LogP contribution is -1.98. The van der Waals surface area contributed by atoms with Gasteiger partial charge in [-0.05, 0) is 12.1 Å². The Morgan fingerprint density at radius 3 is 2.43 bits per heavy atom. The molecule has 0 radical (unpaired) electrons. The molecule has 0 aliphatic rings. The third-order valence-electron chi connectivity index (χ3n) is 1.66. The molecule has 4 nitrogen and oxygen atoms in total. The SMILES string of the molecule is O=S(=O)(c1ccccc1)c1cnns1. The fraction of sp³-hybridized carbons (Fsp3) is 0. The predicted molar refractivity (Wildman–Crippen MR) is 51.8 cm³/mol. The Morgan fingerprint density at radius 1 is 1.14 bits per heavy atom. The van der Waals surface area contributed by atoms with Gasteiger partial charge in [0.2, 0.25) is 9.84 Å². The van der Waals surface area contributed by atoms with Gasteiger partial charge in [0.25, 0.3) is 0 Å². The summed E-state index contributed by atoms with van der Waals surface area (Å²) in [4.78, 5) is 0.269. The van der Waals surface area contributed by atoms with Crippen LogP contribution in [-0.2, 0) is 9.84 Å². The van der Waals surface area contributed by atoms with Gasteiger partial charge in [-0.25, -0.2) is 8.42 Å². The number of rotatable bonds is 2. The molecule has 0 saturated heterocycles. The molecule has 0 fully saturated rings. The van der Waals surface area contributed by atoms with Gasteiger partial charge in [-0.3, -0.25) is 0 Å². The molecule has 0 atom stereocenters. The second-order valence-corrected chi connectivity index (χ2v) is 5.52. The summed E-state index contributed by atoms with van der Waals surface area (Å²) in [6.45, 7) is 0. The van der Waals surface area contributed by atoms with Crippen molar-refractivity contribution in [2.75, 3.05) is 0 Å². The molecule has 1 aromatic carbocycles. The van der Waals surface area contributed by atoms with Gasteiger partial charge in [0.1, 0.15) is 0 Å². The minimum Gasteiger partial charge on any atom is -0.218 e. The number of aromatic nitrogens is 2. The van der Waals surface area contributed by atoms with Gasteiger partial charge in [0, 0.05) is 11.5 Å². The molecule has 6 heteroatoms. The minimum absolute atomic E-state index is 0.170. The maximum absolute atomic E-state index is 11.8. The average molecular weight is 226 g/mol. The zero-order chi connectivity index (χ0) is 10.0. The summed E-state index contributed by atoms with van der Waals surface area (Å²) < 4.78 is 27.3. The molecule has 0 amide bonds. The minimum atomic E-state index is -3.40. The van der Waals surface area contributed by atoms with Crippen LogP contribution >= 0.6 is 11.5 Å². The first kappa shape index (κ1) is 9.29. The van der Waals surface area contributed by atoms with E-state index in [1.807, 2.05) is 0 Å². The van der Waals surface area contributed by atoms with Crippen molar-refractivity contribution < 1.29 is 8.42 Å². The van der Waals surface area contributed by atoms with Crippen LogP contribution in [0, 0.1) is 0 Å².